The van der Waals surface area contributed by atoms with Crippen molar-refractivity contribution in [2.75, 3.05) is 0 Å². The fraction of sp³-hybridized carbons (Fsp3) is 0. The number of benzene rings is 2. The molecule has 0 atom stereocenters. The van der Waals surface area contributed by atoms with E-state index in [-0.39, 0.29) is 5.56 Å². The van der Waals surface area contributed by atoms with Gasteiger partial charge in [0.15, 0.2) is 0 Å². The van der Waals surface area contributed by atoms with Crippen LogP contribution in [0, 0.1) is 0 Å². The molecule has 21 heavy (non-hydrogen) atoms. The summed E-state index contributed by atoms with van der Waals surface area (Å²) >= 11 is 3.28. The van der Waals surface area contributed by atoms with Crippen molar-refractivity contribution in [1.82, 2.24) is 0 Å². The van der Waals surface area contributed by atoms with Crippen molar-refractivity contribution in [3.05, 3.63) is 75.1 Å². The average Bonchev–Trinajstić information content (AvgIpc) is 2.49. The molecule has 1 aromatic heterocycles. The van der Waals surface area contributed by atoms with Crippen LogP contribution in [0.4, 0.5) is 0 Å². The molecular weight excluding hydrogens is 336 g/mol. The Morgan fingerprint density at radius 2 is 1.76 bits per heavy atom. The van der Waals surface area contributed by atoms with Crippen LogP contribution in [0.15, 0.2) is 68.3 Å². The van der Waals surface area contributed by atoms with Crippen LogP contribution in [-0.2, 0) is 0 Å². The second-order valence-electron chi connectivity index (χ2n) is 4.31. The number of para-hydroxylation sites is 2. The Morgan fingerprint density at radius 1 is 1.05 bits per heavy atom. The van der Waals surface area contributed by atoms with Gasteiger partial charge < -0.3 is 9.15 Å². The first-order valence-electron chi connectivity index (χ1n) is 6.15. The fourth-order valence-electron chi connectivity index (χ4n) is 1.89. The lowest BCUT2D eigenvalue weighted by Crippen LogP contribution is -2.18. The molecule has 0 fully saturated rings. The summed E-state index contributed by atoms with van der Waals surface area (Å²) in [5.41, 5.74) is -0.421. The minimum Gasteiger partial charge on any atom is -0.422 e. The van der Waals surface area contributed by atoms with Gasteiger partial charge in [0.2, 0.25) is 0 Å². The van der Waals surface area contributed by atoms with Crippen LogP contribution in [0.1, 0.15) is 10.4 Å². The number of halogens is 1. The summed E-state index contributed by atoms with van der Waals surface area (Å²) in [4.78, 5) is 24.0. The topological polar surface area (TPSA) is 56.5 Å². The van der Waals surface area contributed by atoms with Crippen LogP contribution in [0.25, 0.3) is 11.0 Å². The van der Waals surface area contributed by atoms with Gasteiger partial charge in [0.25, 0.3) is 0 Å². The Balaban J connectivity index is 2.00. The van der Waals surface area contributed by atoms with Gasteiger partial charge in [-0.3, -0.25) is 0 Å². The highest BCUT2D eigenvalue weighted by Gasteiger charge is 2.16. The largest absolute Gasteiger partial charge is 0.422 e. The molecule has 2 aromatic carbocycles. The molecule has 0 N–H and O–H groups in total. The van der Waals surface area contributed by atoms with Crippen LogP contribution >= 0.6 is 15.9 Å². The minimum atomic E-state index is -0.749. The molecule has 0 bridgehead atoms. The maximum absolute atomic E-state index is 12.1. The zero-order valence-corrected chi connectivity index (χ0v) is 12.3. The van der Waals surface area contributed by atoms with E-state index in [1.807, 2.05) is 0 Å². The van der Waals surface area contributed by atoms with E-state index < -0.39 is 11.6 Å². The zero-order valence-electron chi connectivity index (χ0n) is 10.7. The Morgan fingerprint density at radius 3 is 2.57 bits per heavy atom. The Hall–Kier alpha value is -2.40. The Labute approximate surface area is 128 Å². The third kappa shape index (κ3) is 2.73. The molecule has 0 spiro atoms. The lowest BCUT2D eigenvalue weighted by molar-refractivity contribution is 0.0729. The second-order valence-corrected chi connectivity index (χ2v) is 5.16. The summed E-state index contributed by atoms with van der Waals surface area (Å²) in [6, 6.07) is 15.3. The van der Waals surface area contributed by atoms with E-state index in [0.717, 1.165) is 0 Å². The number of fused-ring (bicyclic) bond motifs is 1. The van der Waals surface area contributed by atoms with E-state index in [9.17, 15) is 9.59 Å². The molecule has 1 heterocycles. The molecule has 104 valence electrons. The number of carbonyl (C=O) groups is 1. The van der Waals surface area contributed by atoms with Crippen molar-refractivity contribution in [2.45, 2.75) is 0 Å². The predicted octanol–water partition coefficient (Wildman–Crippen LogP) is 3.77. The summed E-state index contributed by atoms with van der Waals surface area (Å²) in [7, 11) is 0. The monoisotopic (exact) mass is 344 g/mol. The molecule has 0 aliphatic heterocycles. The van der Waals surface area contributed by atoms with Gasteiger partial charge in [-0.25, -0.2) is 9.59 Å². The summed E-state index contributed by atoms with van der Waals surface area (Å²) in [5, 5.41) is 0.663. The average molecular weight is 345 g/mol. The first kappa shape index (κ1) is 13.6. The SMILES string of the molecule is O=C(Oc1ccccc1Br)c1cc2ccccc2oc1=O. The van der Waals surface area contributed by atoms with Crippen LogP contribution in [0.3, 0.4) is 0 Å². The normalized spacial score (nSPS) is 10.5. The lowest BCUT2D eigenvalue weighted by atomic mass is 10.2. The molecule has 0 amide bonds. The molecular formula is C16H9BrO4. The molecule has 0 saturated heterocycles. The van der Waals surface area contributed by atoms with E-state index in [1.54, 1.807) is 48.5 Å². The van der Waals surface area contributed by atoms with Crippen molar-refractivity contribution in [3.8, 4) is 5.75 Å². The van der Waals surface area contributed by atoms with Crippen LogP contribution < -0.4 is 10.4 Å². The second kappa shape index (κ2) is 5.54. The van der Waals surface area contributed by atoms with Gasteiger partial charge in [0.1, 0.15) is 16.9 Å². The van der Waals surface area contributed by atoms with Gasteiger partial charge in [-0.1, -0.05) is 30.3 Å². The highest BCUT2D eigenvalue weighted by Crippen LogP contribution is 2.24. The van der Waals surface area contributed by atoms with E-state index in [1.165, 1.54) is 6.07 Å². The van der Waals surface area contributed by atoms with Crippen molar-refractivity contribution in [2.24, 2.45) is 0 Å². The third-order valence-corrected chi connectivity index (χ3v) is 3.56. The summed E-state index contributed by atoms with van der Waals surface area (Å²) < 4.78 is 11.0. The van der Waals surface area contributed by atoms with E-state index in [4.69, 9.17) is 9.15 Å². The summed E-state index contributed by atoms with van der Waals surface area (Å²) in [6.45, 7) is 0. The molecule has 3 aromatic rings. The molecule has 0 saturated carbocycles. The van der Waals surface area contributed by atoms with Gasteiger partial charge in [0, 0.05) is 5.39 Å². The standard InChI is InChI=1S/C16H9BrO4/c17-12-6-2-4-8-14(12)21-16(19)11-9-10-5-1-3-7-13(10)20-15(11)18/h1-9H. The quantitative estimate of drug-likeness (QED) is 0.403. The van der Waals surface area contributed by atoms with Gasteiger partial charge in [-0.15, -0.1) is 0 Å². The Kier molecular flexibility index (Phi) is 3.58. The highest BCUT2D eigenvalue weighted by molar-refractivity contribution is 9.10. The van der Waals surface area contributed by atoms with E-state index in [2.05, 4.69) is 15.9 Å². The van der Waals surface area contributed by atoms with Crippen LogP contribution in [0.5, 0.6) is 5.75 Å². The maximum Gasteiger partial charge on any atom is 0.351 e. The number of esters is 1. The third-order valence-electron chi connectivity index (χ3n) is 2.90. The maximum atomic E-state index is 12.1. The number of hydrogen-bond acceptors (Lipinski definition) is 4. The van der Waals surface area contributed by atoms with Crippen LogP contribution in [0.2, 0.25) is 0 Å². The lowest BCUT2D eigenvalue weighted by Gasteiger charge is -2.05. The summed E-state index contributed by atoms with van der Waals surface area (Å²) in [5.74, 6) is -0.406. The number of rotatable bonds is 2. The van der Waals surface area contributed by atoms with Gasteiger partial charge in [-0.2, -0.15) is 0 Å². The van der Waals surface area contributed by atoms with Gasteiger partial charge in [-0.05, 0) is 40.2 Å². The molecule has 0 radical (unpaired) electrons. The number of carbonyl (C=O) groups excluding carboxylic acids is 1. The van der Waals surface area contributed by atoms with Gasteiger partial charge in [0.05, 0.1) is 4.47 Å². The molecule has 0 unspecified atom stereocenters. The zero-order chi connectivity index (χ0) is 14.8. The minimum absolute atomic E-state index is 0.135. The predicted molar refractivity (Wildman–Crippen MR) is 81.6 cm³/mol. The molecule has 0 aliphatic rings. The first-order valence-corrected chi connectivity index (χ1v) is 6.94. The van der Waals surface area contributed by atoms with Crippen molar-refractivity contribution in [3.63, 3.8) is 0 Å². The van der Waals surface area contributed by atoms with E-state index >= 15 is 0 Å². The fourth-order valence-corrected chi connectivity index (χ4v) is 2.25. The molecule has 5 heteroatoms. The summed E-state index contributed by atoms with van der Waals surface area (Å²) in [6.07, 6.45) is 0. The number of ether oxygens (including phenoxy) is 1. The molecule has 3 rings (SSSR count). The van der Waals surface area contributed by atoms with Crippen molar-refractivity contribution >= 4 is 32.9 Å². The first-order chi connectivity index (χ1) is 10.1. The smallest absolute Gasteiger partial charge is 0.351 e. The van der Waals surface area contributed by atoms with Gasteiger partial charge >= 0.3 is 11.6 Å². The van der Waals surface area contributed by atoms with E-state index in [0.29, 0.717) is 21.2 Å². The molecule has 4 nitrogen and oxygen atoms in total. The van der Waals surface area contributed by atoms with Crippen LogP contribution in [-0.4, -0.2) is 5.97 Å². The van der Waals surface area contributed by atoms with Crippen molar-refractivity contribution in [1.29, 1.82) is 0 Å². The highest BCUT2D eigenvalue weighted by atomic mass is 79.9. The molecule has 0 aliphatic carbocycles. The van der Waals surface area contributed by atoms with Crippen molar-refractivity contribution < 1.29 is 13.9 Å². The Bertz CT molecular complexity index is 883. The number of hydrogen-bond donors (Lipinski definition) is 0.